The van der Waals surface area contributed by atoms with E-state index in [0.717, 1.165) is 25.5 Å². The summed E-state index contributed by atoms with van der Waals surface area (Å²) in [6.07, 6.45) is 4.33. The third-order valence-electron chi connectivity index (χ3n) is 3.28. The van der Waals surface area contributed by atoms with Crippen LogP contribution in [0.3, 0.4) is 0 Å². The zero-order valence-electron chi connectivity index (χ0n) is 9.63. The smallest absolute Gasteiger partial charge is 0.123 e. The lowest BCUT2D eigenvalue weighted by Crippen LogP contribution is -2.12. The van der Waals surface area contributed by atoms with Crippen molar-refractivity contribution < 1.29 is 9.53 Å². The summed E-state index contributed by atoms with van der Waals surface area (Å²) in [7, 11) is 0. The van der Waals surface area contributed by atoms with Gasteiger partial charge < -0.3 is 9.53 Å². The van der Waals surface area contributed by atoms with Gasteiger partial charge in [-0.3, -0.25) is 0 Å². The van der Waals surface area contributed by atoms with Crippen LogP contribution in [0.2, 0.25) is 0 Å². The van der Waals surface area contributed by atoms with Crippen LogP contribution in [-0.4, -0.2) is 12.4 Å². The molecule has 0 radical (unpaired) electrons. The Bertz CT molecular complexity index is 334. The van der Waals surface area contributed by atoms with Gasteiger partial charge in [-0.1, -0.05) is 30.3 Å². The van der Waals surface area contributed by atoms with Gasteiger partial charge in [0.25, 0.3) is 0 Å². The molecule has 0 spiro atoms. The van der Waals surface area contributed by atoms with E-state index in [-0.39, 0.29) is 18.1 Å². The van der Waals surface area contributed by atoms with Gasteiger partial charge in [-0.2, -0.15) is 0 Å². The van der Waals surface area contributed by atoms with E-state index < -0.39 is 0 Å². The molecule has 0 aliphatic heterocycles. The lowest BCUT2D eigenvalue weighted by atomic mass is 10.1. The molecule has 1 aromatic rings. The van der Waals surface area contributed by atoms with Gasteiger partial charge in [-0.25, -0.2) is 0 Å². The van der Waals surface area contributed by atoms with Crippen LogP contribution >= 0.6 is 0 Å². The zero-order valence-corrected chi connectivity index (χ0v) is 9.63. The summed E-state index contributed by atoms with van der Waals surface area (Å²) in [6.45, 7) is 2.07. The molecule has 1 aliphatic carbocycles. The van der Waals surface area contributed by atoms with Crippen molar-refractivity contribution in [3.63, 3.8) is 0 Å². The zero-order chi connectivity index (χ0) is 11.4. The van der Waals surface area contributed by atoms with Crippen molar-refractivity contribution in [3.05, 3.63) is 35.9 Å². The molecule has 1 fully saturated rings. The highest BCUT2D eigenvalue weighted by atomic mass is 16.5. The van der Waals surface area contributed by atoms with Gasteiger partial charge in [0.2, 0.25) is 0 Å². The van der Waals surface area contributed by atoms with Gasteiger partial charge in [0, 0.05) is 5.92 Å². The topological polar surface area (TPSA) is 26.3 Å². The predicted octanol–water partition coefficient (Wildman–Crippen LogP) is 3.13. The van der Waals surface area contributed by atoms with Crippen molar-refractivity contribution in [3.8, 4) is 0 Å². The van der Waals surface area contributed by atoms with Crippen molar-refractivity contribution in [2.45, 2.75) is 38.4 Å². The first-order chi connectivity index (χ1) is 7.79. The van der Waals surface area contributed by atoms with Gasteiger partial charge >= 0.3 is 0 Å². The molecule has 2 rings (SSSR count). The molecule has 0 bridgehead atoms. The third kappa shape index (κ3) is 2.70. The second kappa shape index (κ2) is 5.26. The molecule has 1 aliphatic rings. The van der Waals surface area contributed by atoms with Crippen LogP contribution in [0, 0.1) is 5.92 Å². The Morgan fingerprint density at radius 1 is 1.31 bits per heavy atom. The average molecular weight is 218 g/mol. The largest absolute Gasteiger partial charge is 0.371 e. The normalized spacial score (nSPS) is 26.6. The molecule has 3 atom stereocenters. The monoisotopic (exact) mass is 218 g/mol. The highest BCUT2D eigenvalue weighted by Gasteiger charge is 2.26. The van der Waals surface area contributed by atoms with Crippen molar-refractivity contribution in [2.24, 2.45) is 5.92 Å². The SMILES string of the molecule is CC(O[C@H]1CC[C@@H](C=O)C1)c1ccccc1. The number of carbonyl (C=O) groups excluding carboxylic acids is 1. The van der Waals surface area contributed by atoms with E-state index in [0.29, 0.717) is 0 Å². The van der Waals surface area contributed by atoms with Crippen LogP contribution in [0.25, 0.3) is 0 Å². The molecule has 2 heteroatoms. The second-order valence-electron chi connectivity index (χ2n) is 4.52. The minimum Gasteiger partial charge on any atom is -0.371 e. The van der Waals surface area contributed by atoms with E-state index in [1.807, 2.05) is 18.2 Å². The van der Waals surface area contributed by atoms with Gasteiger partial charge in [0.05, 0.1) is 12.2 Å². The maximum absolute atomic E-state index is 10.7. The molecular formula is C14H18O2. The summed E-state index contributed by atoms with van der Waals surface area (Å²) in [5, 5.41) is 0. The van der Waals surface area contributed by atoms with E-state index in [2.05, 4.69) is 19.1 Å². The van der Waals surface area contributed by atoms with E-state index in [1.54, 1.807) is 0 Å². The van der Waals surface area contributed by atoms with Crippen molar-refractivity contribution >= 4 is 6.29 Å². The van der Waals surface area contributed by atoms with Gasteiger partial charge in [-0.15, -0.1) is 0 Å². The summed E-state index contributed by atoms with van der Waals surface area (Å²) in [5.74, 6) is 0.216. The van der Waals surface area contributed by atoms with Crippen LogP contribution in [0.5, 0.6) is 0 Å². The molecule has 1 aromatic carbocycles. The molecule has 86 valence electrons. The number of rotatable bonds is 4. The van der Waals surface area contributed by atoms with Gasteiger partial charge in [0.1, 0.15) is 6.29 Å². The Labute approximate surface area is 96.6 Å². The van der Waals surface area contributed by atoms with Crippen molar-refractivity contribution in [1.29, 1.82) is 0 Å². The third-order valence-corrected chi connectivity index (χ3v) is 3.28. The molecule has 0 aromatic heterocycles. The summed E-state index contributed by atoms with van der Waals surface area (Å²) in [6, 6.07) is 10.2. The Kier molecular flexibility index (Phi) is 3.73. The van der Waals surface area contributed by atoms with E-state index >= 15 is 0 Å². The minimum absolute atomic E-state index is 0.122. The summed E-state index contributed by atoms with van der Waals surface area (Å²) in [5.41, 5.74) is 1.21. The summed E-state index contributed by atoms with van der Waals surface area (Å²) < 4.78 is 5.97. The fraction of sp³-hybridized carbons (Fsp3) is 0.500. The summed E-state index contributed by atoms with van der Waals surface area (Å²) in [4.78, 5) is 10.7. The molecule has 16 heavy (non-hydrogen) atoms. The number of ether oxygens (including phenoxy) is 1. The number of aldehydes is 1. The lowest BCUT2D eigenvalue weighted by molar-refractivity contribution is -0.111. The molecule has 0 amide bonds. The molecule has 1 unspecified atom stereocenters. The maximum Gasteiger partial charge on any atom is 0.123 e. The molecule has 2 nitrogen and oxygen atoms in total. The van der Waals surface area contributed by atoms with Gasteiger partial charge in [0.15, 0.2) is 0 Å². The Morgan fingerprint density at radius 2 is 2.06 bits per heavy atom. The highest BCUT2D eigenvalue weighted by molar-refractivity contribution is 5.54. The Hall–Kier alpha value is -1.15. The number of benzene rings is 1. The van der Waals surface area contributed by atoms with Crippen LogP contribution < -0.4 is 0 Å². The van der Waals surface area contributed by atoms with E-state index in [4.69, 9.17) is 4.74 Å². The standard InChI is InChI=1S/C14H18O2/c1-11(13-5-3-2-4-6-13)16-14-8-7-12(9-14)10-15/h2-6,10-12,14H,7-9H2,1H3/t11?,12-,14+/m1/s1. The fourth-order valence-electron chi connectivity index (χ4n) is 2.31. The predicted molar refractivity (Wildman–Crippen MR) is 63.1 cm³/mol. The van der Waals surface area contributed by atoms with Crippen LogP contribution in [-0.2, 0) is 9.53 Å². The van der Waals surface area contributed by atoms with Crippen molar-refractivity contribution in [2.75, 3.05) is 0 Å². The van der Waals surface area contributed by atoms with Gasteiger partial charge in [-0.05, 0) is 31.7 Å². The Morgan fingerprint density at radius 3 is 2.69 bits per heavy atom. The minimum atomic E-state index is 0.122. The Balaban J connectivity index is 1.89. The van der Waals surface area contributed by atoms with Crippen LogP contribution in [0.1, 0.15) is 37.9 Å². The molecule has 0 N–H and O–H groups in total. The lowest BCUT2D eigenvalue weighted by Gasteiger charge is -2.18. The number of hydrogen-bond donors (Lipinski definition) is 0. The van der Waals surface area contributed by atoms with Crippen LogP contribution in [0.4, 0.5) is 0 Å². The second-order valence-corrected chi connectivity index (χ2v) is 4.52. The first-order valence-corrected chi connectivity index (χ1v) is 5.95. The fourth-order valence-corrected chi connectivity index (χ4v) is 2.31. The summed E-state index contributed by atoms with van der Waals surface area (Å²) >= 11 is 0. The maximum atomic E-state index is 10.7. The molecule has 1 saturated carbocycles. The number of carbonyl (C=O) groups is 1. The molecular weight excluding hydrogens is 200 g/mol. The number of hydrogen-bond acceptors (Lipinski definition) is 2. The first kappa shape index (κ1) is 11.3. The quantitative estimate of drug-likeness (QED) is 0.726. The first-order valence-electron chi connectivity index (χ1n) is 5.95. The van der Waals surface area contributed by atoms with Crippen molar-refractivity contribution in [1.82, 2.24) is 0 Å². The highest BCUT2D eigenvalue weighted by Crippen LogP contribution is 2.30. The van der Waals surface area contributed by atoms with Crippen LogP contribution in [0.15, 0.2) is 30.3 Å². The van der Waals surface area contributed by atoms with E-state index in [1.165, 1.54) is 5.56 Å². The van der Waals surface area contributed by atoms with E-state index in [9.17, 15) is 4.79 Å². The molecule has 0 saturated heterocycles. The molecule has 0 heterocycles. The average Bonchev–Trinajstić information content (AvgIpc) is 2.78.